The molecule has 36 heavy (non-hydrogen) atoms. The van der Waals surface area contributed by atoms with Crippen molar-refractivity contribution in [1.29, 1.82) is 0 Å². The standard InChI is InChI=1S/C26H35ClFN3O4S/c1-6-19(3)29-26(33)20(4)30(17-21-10-7-8-11-23(21)28)25(32)12-9-15-31(36(5,34)35)24-16-22(27)14-13-18(24)2/h7-8,10-11,13-14,16,19-20H,6,9,12,15,17H2,1-5H3,(H,29,33)/t19-,20+/m1/s1. The smallest absolute Gasteiger partial charge is 0.242 e. The molecule has 0 spiro atoms. The van der Waals surface area contributed by atoms with Gasteiger partial charge in [0.2, 0.25) is 21.8 Å². The van der Waals surface area contributed by atoms with Crippen LogP contribution < -0.4 is 9.62 Å². The molecule has 0 heterocycles. The van der Waals surface area contributed by atoms with E-state index >= 15 is 0 Å². The van der Waals surface area contributed by atoms with Crippen molar-refractivity contribution in [3.05, 3.63) is 64.4 Å². The maximum Gasteiger partial charge on any atom is 0.242 e. The summed E-state index contributed by atoms with van der Waals surface area (Å²) in [7, 11) is -3.64. The van der Waals surface area contributed by atoms with Gasteiger partial charge in [-0.05, 0) is 57.4 Å². The van der Waals surface area contributed by atoms with Gasteiger partial charge in [-0.2, -0.15) is 0 Å². The molecule has 10 heteroatoms. The van der Waals surface area contributed by atoms with Crippen LogP contribution in [0, 0.1) is 12.7 Å². The van der Waals surface area contributed by atoms with Gasteiger partial charge in [-0.15, -0.1) is 0 Å². The monoisotopic (exact) mass is 539 g/mol. The van der Waals surface area contributed by atoms with E-state index in [2.05, 4.69) is 5.32 Å². The molecule has 0 unspecified atom stereocenters. The highest BCUT2D eigenvalue weighted by Gasteiger charge is 2.28. The second-order valence-electron chi connectivity index (χ2n) is 8.98. The van der Waals surface area contributed by atoms with E-state index in [-0.39, 0.29) is 43.8 Å². The SMILES string of the molecule is CC[C@@H](C)NC(=O)[C@H](C)N(Cc1ccccc1F)C(=O)CCCN(c1cc(Cl)ccc1C)S(C)(=O)=O. The summed E-state index contributed by atoms with van der Waals surface area (Å²) in [6.07, 6.45) is 2.00. The molecule has 2 aromatic carbocycles. The van der Waals surface area contributed by atoms with E-state index in [1.807, 2.05) is 13.8 Å². The summed E-state index contributed by atoms with van der Waals surface area (Å²) >= 11 is 6.09. The fourth-order valence-corrected chi connectivity index (χ4v) is 4.87. The molecule has 0 aliphatic heterocycles. The highest BCUT2D eigenvalue weighted by atomic mass is 35.5. The van der Waals surface area contributed by atoms with Gasteiger partial charge in [-0.25, -0.2) is 12.8 Å². The van der Waals surface area contributed by atoms with Crippen molar-refractivity contribution in [1.82, 2.24) is 10.2 Å². The molecule has 0 saturated carbocycles. The predicted molar refractivity (Wildman–Crippen MR) is 142 cm³/mol. The van der Waals surface area contributed by atoms with Gasteiger partial charge in [0.1, 0.15) is 11.9 Å². The van der Waals surface area contributed by atoms with E-state index in [1.54, 1.807) is 50.2 Å². The number of hydrogen-bond donors (Lipinski definition) is 1. The zero-order valence-electron chi connectivity index (χ0n) is 21.4. The molecule has 1 N–H and O–H groups in total. The van der Waals surface area contributed by atoms with E-state index in [1.165, 1.54) is 15.3 Å². The van der Waals surface area contributed by atoms with Crippen LogP contribution in [0.5, 0.6) is 0 Å². The fourth-order valence-electron chi connectivity index (χ4n) is 3.69. The van der Waals surface area contributed by atoms with Crippen molar-refractivity contribution >= 4 is 39.1 Å². The third-order valence-corrected chi connectivity index (χ3v) is 7.47. The number of amides is 2. The van der Waals surface area contributed by atoms with Crippen LogP contribution in [0.4, 0.5) is 10.1 Å². The Morgan fingerprint density at radius 3 is 2.42 bits per heavy atom. The normalized spacial score (nSPS) is 13.1. The van der Waals surface area contributed by atoms with Crippen LogP contribution in [0.1, 0.15) is 51.2 Å². The van der Waals surface area contributed by atoms with E-state index in [0.717, 1.165) is 18.2 Å². The summed E-state index contributed by atoms with van der Waals surface area (Å²) < 4.78 is 40.6. The highest BCUT2D eigenvalue weighted by Crippen LogP contribution is 2.27. The molecule has 0 aliphatic rings. The Labute approximate surface area is 218 Å². The van der Waals surface area contributed by atoms with Gasteiger partial charge in [-0.1, -0.05) is 42.8 Å². The summed E-state index contributed by atoms with van der Waals surface area (Å²) in [5.41, 5.74) is 1.47. The van der Waals surface area contributed by atoms with E-state index in [9.17, 15) is 22.4 Å². The molecule has 2 atom stereocenters. The predicted octanol–water partition coefficient (Wildman–Crippen LogP) is 4.67. The Hall–Kier alpha value is -2.65. The quantitative estimate of drug-likeness (QED) is 0.425. The van der Waals surface area contributed by atoms with E-state index in [0.29, 0.717) is 16.3 Å². The molecular formula is C26H35ClFN3O4S. The third kappa shape index (κ3) is 8.20. The summed E-state index contributed by atoms with van der Waals surface area (Å²) in [4.78, 5) is 27.4. The molecule has 0 aliphatic carbocycles. The Morgan fingerprint density at radius 1 is 1.14 bits per heavy atom. The largest absolute Gasteiger partial charge is 0.352 e. The van der Waals surface area contributed by atoms with Crippen LogP contribution in [0.15, 0.2) is 42.5 Å². The molecule has 0 saturated heterocycles. The number of aryl methyl sites for hydroxylation is 1. The first-order valence-electron chi connectivity index (χ1n) is 11.9. The van der Waals surface area contributed by atoms with Crippen molar-refractivity contribution in [2.24, 2.45) is 0 Å². The fraction of sp³-hybridized carbons (Fsp3) is 0.462. The first kappa shape index (κ1) is 29.6. The molecule has 7 nitrogen and oxygen atoms in total. The van der Waals surface area contributed by atoms with E-state index < -0.39 is 21.9 Å². The molecule has 0 bridgehead atoms. The molecule has 2 amide bonds. The van der Waals surface area contributed by atoms with Gasteiger partial charge in [-0.3, -0.25) is 13.9 Å². The van der Waals surface area contributed by atoms with Gasteiger partial charge in [0.15, 0.2) is 0 Å². The lowest BCUT2D eigenvalue weighted by molar-refractivity contribution is -0.141. The zero-order valence-corrected chi connectivity index (χ0v) is 23.0. The maximum atomic E-state index is 14.4. The van der Waals surface area contributed by atoms with Gasteiger partial charge in [0, 0.05) is 36.1 Å². The number of carbonyl (C=O) groups excluding carboxylic acids is 2. The Balaban J connectivity index is 2.22. The maximum absolute atomic E-state index is 14.4. The first-order valence-corrected chi connectivity index (χ1v) is 14.1. The number of nitrogens with zero attached hydrogens (tertiary/aromatic N) is 2. The second-order valence-corrected chi connectivity index (χ2v) is 11.3. The highest BCUT2D eigenvalue weighted by molar-refractivity contribution is 7.92. The van der Waals surface area contributed by atoms with Crippen molar-refractivity contribution in [3.63, 3.8) is 0 Å². The van der Waals surface area contributed by atoms with Gasteiger partial charge in [0.25, 0.3) is 0 Å². The number of sulfonamides is 1. The topological polar surface area (TPSA) is 86.8 Å². The van der Waals surface area contributed by atoms with Gasteiger partial charge < -0.3 is 10.2 Å². The second kappa shape index (κ2) is 13.1. The minimum absolute atomic E-state index is 0.0267. The first-order chi connectivity index (χ1) is 16.8. The number of nitrogens with one attached hydrogen (secondary N) is 1. The van der Waals surface area contributed by atoms with Crippen LogP contribution in [0.3, 0.4) is 0 Å². The third-order valence-electron chi connectivity index (χ3n) is 6.06. The number of benzene rings is 2. The zero-order chi connectivity index (χ0) is 27.0. The molecular weight excluding hydrogens is 505 g/mol. The van der Waals surface area contributed by atoms with Crippen molar-refractivity contribution in [2.75, 3.05) is 17.1 Å². The van der Waals surface area contributed by atoms with E-state index in [4.69, 9.17) is 11.6 Å². The number of hydrogen-bond acceptors (Lipinski definition) is 4. The number of anilines is 1. The minimum Gasteiger partial charge on any atom is -0.352 e. The van der Waals surface area contributed by atoms with Crippen LogP contribution in [-0.4, -0.2) is 50.0 Å². The molecule has 0 fully saturated rings. The lowest BCUT2D eigenvalue weighted by Gasteiger charge is -2.30. The Kier molecular flexibility index (Phi) is 10.7. The number of carbonyl (C=O) groups is 2. The minimum atomic E-state index is -3.64. The van der Waals surface area contributed by atoms with Gasteiger partial charge in [0.05, 0.1) is 11.9 Å². The molecule has 2 rings (SSSR count). The summed E-state index contributed by atoms with van der Waals surface area (Å²) in [6.45, 7) is 7.16. The van der Waals surface area contributed by atoms with Crippen LogP contribution in [0.25, 0.3) is 0 Å². The average molecular weight is 540 g/mol. The Bertz CT molecular complexity index is 1180. The molecule has 2 aromatic rings. The number of rotatable bonds is 12. The lowest BCUT2D eigenvalue weighted by atomic mass is 10.1. The molecule has 0 aromatic heterocycles. The molecule has 198 valence electrons. The summed E-state index contributed by atoms with van der Waals surface area (Å²) in [5.74, 6) is -1.17. The Morgan fingerprint density at radius 2 is 1.81 bits per heavy atom. The lowest BCUT2D eigenvalue weighted by Crippen LogP contribution is -2.49. The van der Waals surface area contributed by atoms with Crippen molar-refractivity contribution in [2.45, 2.75) is 65.6 Å². The van der Waals surface area contributed by atoms with Crippen LogP contribution >= 0.6 is 11.6 Å². The van der Waals surface area contributed by atoms with Crippen molar-refractivity contribution in [3.8, 4) is 0 Å². The average Bonchev–Trinajstić information content (AvgIpc) is 2.81. The molecule has 0 radical (unpaired) electrons. The van der Waals surface area contributed by atoms with Crippen LogP contribution in [0.2, 0.25) is 5.02 Å². The summed E-state index contributed by atoms with van der Waals surface area (Å²) in [5, 5.41) is 3.27. The van der Waals surface area contributed by atoms with Gasteiger partial charge >= 0.3 is 0 Å². The summed E-state index contributed by atoms with van der Waals surface area (Å²) in [6, 6.07) is 10.2. The number of halogens is 2. The van der Waals surface area contributed by atoms with Crippen LogP contribution in [-0.2, 0) is 26.2 Å². The van der Waals surface area contributed by atoms with Crippen molar-refractivity contribution < 1.29 is 22.4 Å².